The first-order chi connectivity index (χ1) is 11.1. The third-order valence-corrected chi connectivity index (χ3v) is 3.36. The van der Waals surface area contributed by atoms with E-state index in [2.05, 4.69) is 5.32 Å². The highest BCUT2D eigenvalue weighted by Gasteiger charge is 2.09. The Morgan fingerprint density at radius 2 is 1.83 bits per heavy atom. The maximum Gasteiger partial charge on any atom is 0.246 e. The lowest BCUT2D eigenvalue weighted by atomic mass is 10.1. The van der Waals surface area contributed by atoms with Crippen LogP contribution in [0, 0.1) is 5.82 Å². The van der Waals surface area contributed by atoms with Gasteiger partial charge in [-0.05, 0) is 29.7 Å². The third kappa shape index (κ3) is 6.18. The number of carbonyl (C=O) groups is 1. The Morgan fingerprint density at radius 3 is 2.52 bits per heavy atom. The topological polar surface area (TPSA) is 58.6 Å². The smallest absolute Gasteiger partial charge is 0.246 e. The van der Waals surface area contributed by atoms with Gasteiger partial charge in [0.15, 0.2) is 0 Å². The van der Waals surface area contributed by atoms with Gasteiger partial charge >= 0.3 is 0 Å². The number of aliphatic hydroxyl groups is 1. The van der Waals surface area contributed by atoms with Crippen LogP contribution in [0.1, 0.15) is 17.2 Å². The molecule has 2 rings (SSSR count). The number of hydrogen-bond acceptors (Lipinski definition) is 3. The highest BCUT2D eigenvalue weighted by Crippen LogP contribution is 2.12. The summed E-state index contributed by atoms with van der Waals surface area (Å²) in [5.74, 6) is -0.656. The van der Waals surface area contributed by atoms with Crippen molar-refractivity contribution in [1.29, 1.82) is 0 Å². The molecule has 0 aliphatic heterocycles. The molecule has 0 aliphatic rings. The molecule has 1 amide bonds. The van der Waals surface area contributed by atoms with Crippen LogP contribution >= 0.6 is 0 Å². The lowest BCUT2D eigenvalue weighted by Gasteiger charge is -2.12. The second-order valence-electron chi connectivity index (χ2n) is 5.16. The summed E-state index contributed by atoms with van der Waals surface area (Å²) in [5.41, 5.74) is 1.70. The first-order valence-electron chi connectivity index (χ1n) is 7.47. The van der Waals surface area contributed by atoms with Gasteiger partial charge in [-0.2, -0.15) is 0 Å². The van der Waals surface area contributed by atoms with Gasteiger partial charge in [-0.3, -0.25) is 4.79 Å². The van der Waals surface area contributed by atoms with Crippen LogP contribution < -0.4 is 5.32 Å². The maximum atomic E-state index is 12.8. The Bertz CT molecular complexity index is 601. The summed E-state index contributed by atoms with van der Waals surface area (Å²) < 4.78 is 18.1. The van der Waals surface area contributed by atoms with Crippen molar-refractivity contribution in [2.45, 2.75) is 12.5 Å². The number of ether oxygens (including phenoxy) is 1. The normalized spacial score (nSPS) is 11.9. The van der Waals surface area contributed by atoms with Crippen molar-refractivity contribution >= 4 is 5.91 Å². The van der Waals surface area contributed by atoms with Crippen molar-refractivity contribution < 1.29 is 19.0 Å². The first kappa shape index (κ1) is 17.1. The Hall–Kier alpha value is -2.24. The molecule has 0 heterocycles. The van der Waals surface area contributed by atoms with E-state index in [9.17, 15) is 14.3 Å². The van der Waals surface area contributed by atoms with Crippen LogP contribution in [0.5, 0.6) is 0 Å². The molecule has 0 saturated heterocycles. The van der Waals surface area contributed by atoms with E-state index >= 15 is 0 Å². The van der Waals surface area contributed by atoms with E-state index in [1.807, 2.05) is 30.3 Å². The molecule has 2 aromatic carbocycles. The highest BCUT2D eigenvalue weighted by atomic mass is 19.1. The number of benzene rings is 2. The molecule has 23 heavy (non-hydrogen) atoms. The fourth-order valence-electron chi connectivity index (χ4n) is 2.06. The largest absolute Gasteiger partial charge is 0.387 e. The summed E-state index contributed by atoms with van der Waals surface area (Å²) in [7, 11) is 0. The van der Waals surface area contributed by atoms with Crippen LogP contribution in [-0.2, 0) is 16.0 Å². The quantitative estimate of drug-likeness (QED) is 0.734. The number of amides is 1. The molecule has 0 radical (unpaired) electrons. The van der Waals surface area contributed by atoms with Crippen LogP contribution in [0.15, 0.2) is 54.6 Å². The van der Waals surface area contributed by atoms with Gasteiger partial charge in [-0.25, -0.2) is 4.39 Å². The number of nitrogens with one attached hydrogen (secondary N) is 1. The van der Waals surface area contributed by atoms with Crippen molar-refractivity contribution in [3.63, 3.8) is 0 Å². The zero-order valence-electron chi connectivity index (χ0n) is 12.7. The van der Waals surface area contributed by atoms with E-state index in [-0.39, 0.29) is 24.9 Å². The number of rotatable bonds is 8. The maximum absolute atomic E-state index is 12.8. The molecule has 0 aromatic heterocycles. The van der Waals surface area contributed by atoms with Gasteiger partial charge in [0.1, 0.15) is 12.4 Å². The second-order valence-corrected chi connectivity index (χ2v) is 5.16. The predicted molar refractivity (Wildman–Crippen MR) is 85.3 cm³/mol. The van der Waals surface area contributed by atoms with Crippen LogP contribution in [-0.4, -0.2) is 30.8 Å². The van der Waals surface area contributed by atoms with Crippen LogP contribution in [0.2, 0.25) is 0 Å². The van der Waals surface area contributed by atoms with Crippen LogP contribution in [0.3, 0.4) is 0 Å². The number of carbonyl (C=O) groups excluding carboxylic acids is 1. The summed E-state index contributed by atoms with van der Waals surface area (Å²) in [6, 6.07) is 15.4. The molecule has 0 fully saturated rings. The minimum Gasteiger partial charge on any atom is -0.387 e. The van der Waals surface area contributed by atoms with E-state index < -0.39 is 6.10 Å². The average molecular weight is 317 g/mol. The molecule has 0 aliphatic carbocycles. The van der Waals surface area contributed by atoms with Crippen LogP contribution in [0.4, 0.5) is 4.39 Å². The fraction of sp³-hybridized carbons (Fsp3) is 0.278. The summed E-state index contributed by atoms with van der Waals surface area (Å²) in [6.07, 6.45) is -0.129. The Balaban J connectivity index is 1.62. The monoisotopic (exact) mass is 317 g/mol. The first-order valence-corrected chi connectivity index (χ1v) is 7.47. The van der Waals surface area contributed by atoms with E-state index in [4.69, 9.17) is 4.74 Å². The molecule has 0 spiro atoms. The molecular formula is C18H20FNO3. The summed E-state index contributed by atoms with van der Waals surface area (Å²) in [6.45, 7) is 0.466. The van der Waals surface area contributed by atoms with Crippen molar-refractivity contribution in [3.8, 4) is 0 Å². The van der Waals surface area contributed by atoms with Gasteiger partial charge in [0, 0.05) is 6.54 Å². The van der Waals surface area contributed by atoms with Crippen molar-refractivity contribution in [3.05, 3.63) is 71.5 Å². The SMILES string of the molecule is O=C(COCCc1ccccc1)NCC(O)c1ccc(F)cc1. The Labute approximate surface area is 134 Å². The average Bonchev–Trinajstić information content (AvgIpc) is 2.58. The zero-order chi connectivity index (χ0) is 16.5. The van der Waals surface area contributed by atoms with Gasteiger partial charge in [0.05, 0.1) is 12.7 Å². The third-order valence-electron chi connectivity index (χ3n) is 3.36. The lowest BCUT2D eigenvalue weighted by Crippen LogP contribution is -2.31. The molecule has 1 atom stereocenters. The Morgan fingerprint density at radius 1 is 1.13 bits per heavy atom. The van der Waals surface area contributed by atoms with Gasteiger partial charge in [-0.1, -0.05) is 42.5 Å². The molecule has 122 valence electrons. The highest BCUT2D eigenvalue weighted by molar-refractivity contribution is 5.77. The van der Waals surface area contributed by atoms with Crippen LogP contribution in [0.25, 0.3) is 0 Å². The number of hydrogen-bond donors (Lipinski definition) is 2. The molecule has 0 saturated carbocycles. The van der Waals surface area contributed by atoms with Gasteiger partial charge in [-0.15, -0.1) is 0 Å². The van der Waals surface area contributed by atoms with E-state index in [1.165, 1.54) is 24.3 Å². The van der Waals surface area contributed by atoms with E-state index in [0.717, 1.165) is 12.0 Å². The van der Waals surface area contributed by atoms with Crippen molar-refractivity contribution in [2.24, 2.45) is 0 Å². The molecule has 2 N–H and O–H groups in total. The lowest BCUT2D eigenvalue weighted by molar-refractivity contribution is -0.126. The van der Waals surface area contributed by atoms with E-state index in [1.54, 1.807) is 0 Å². The minimum atomic E-state index is -0.871. The van der Waals surface area contributed by atoms with Crippen molar-refractivity contribution in [2.75, 3.05) is 19.8 Å². The summed E-state index contributed by atoms with van der Waals surface area (Å²) in [5, 5.41) is 12.5. The predicted octanol–water partition coefficient (Wildman–Crippen LogP) is 2.23. The number of aliphatic hydroxyl groups excluding tert-OH is 1. The molecular weight excluding hydrogens is 297 g/mol. The molecule has 5 heteroatoms. The summed E-state index contributed by atoms with van der Waals surface area (Å²) >= 11 is 0. The standard InChI is InChI=1S/C18H20FNO3/c19-16-8-6-15(7-9-16)17(21)12-20-18(22)13-23-11-10-14-4-2-1-3-5-14/h1-9,17,21H,10-13H2,(H,20,22). The Kier molecular flexibility index (Phi) is 6.72. The minimum absolute atomic E-state index is 0.0526. The zero-order valence-corrected chi connectivity index (χ0v) is 12.7. The van der Waals surface area contributed by atoms with Gasteiger partial charge in [0.25, 0.3) is 0 Å². The van der Waals surface area contributed by atoms with E-state index in [0.29, 0.717) is 12.2 Å². The second kappa shape index (κ2) is 9.02. The van der Waals surface area contributed by atoms with Crippen molar-refractivity contribution in [1.82, 2.24) is 5.32 Å². The fourth-order valence-corrected chi connectivity index (χ4v) is 2.06. The van der Waals surface area contributed by atoms with Gasteiger partial charge < -0.3 is 15.2 Å². The molecule has 0 bridgehead atoms. The molecule has 4 nitrogen and oxygen atoms in total. The summed E-state index contributed by atoms with van der Waals surface area (Å²) in [4.78, 5) is 11.6. The number of halogens is 1. The molecule has 2 aromatic rings. The van der Waals surface area contributed by atoms with Gasteiger partial charge in [0.2, 0.25) is 5.91 Å². The molecule has 1 unspecified atom stereocenters.